The normalized spacial score (nSPS) is 17.2. The van der Waals surface area contributed by atoms with Crippen molar-refractivity contribution >= 4 is 86.9 Å². The van der Waals surface area contributed by atoms with Crippen LogP contribution in [0.4, 0.5) is 81.6 Å². The monoisotopic (exact) mass is 1240 g/mol. The van der Waals surface area contributed by atoms with Gasteiger partial charge in [0.15, 0.2) is 11.2 Å². The highest BCUT2D eigenvalue weighted by atomic mass is 79.9. The first kappa shape index (κ1) is 60.1. The molecule has 0 aromatic heterocycles. The lowest BCUT2D eigenvalue weighted by atomic mass is 9.99. The number of hydrogen-bond donors (Lipinski definition) is 0. The molecule has 0 spiro atoms. The van der Waals surface area contributed by atoms with Crippen LogP contribution in [0.3, 0.4) is 0 Å². The predicted molar refractivity (Wildman–Crippen MR) is 221 cm³/mol. The van der Waals surface area contributed by atoms with Crippen LogP contribution in [0.5, 0.6) is 0 Å². The van der Waals surface area contributed by atoms with Gasteiger partial charge in [0.25, 0.3) is 11.8 Å². The molecule has 2 aromatic carbocycles. The van der Waals surface area contributed by atoms with Crippen LogP contribution in [0.1, 0.15) is 61.1 Å². The van der Waals surface area contributed by atoms with Crippen molar-refractivity contribution in [3.8, 4) is 0 Å². The average molecular weight is 1240 g/mol. The summed E-state index contributed by atoms with van der Waals surface area (Å²) in [7, 11) is 1.48. The Morgan fingerprint density at radius 1 is 0.424 bits per heavy atom. The Balaban J connectivity index is 2.63. The van der Waals surface area contributed by atoms with Gasteiger partial charge in [-0.15, -0.1) is 0 Å². The third-order valence-corrected chi connectivity index (χ3v) is 15.5. The van der Waals surface area contributed by atoms with Crippen LogP contribution in [-0.2, 0) is 28.5 Å². The van der Waals surface area contributed by atoms with Crippen molar-refractivity contribution in [2.75, 3.05) is 37.1 Å². The largest absolute Gasteiger partial charge is 0.449 e. The minimum absolute atomic E-state index is 0.117. The molecule has 0 aliphatic heterocycles. The molecule has 378 valence electrons. The number of alkyl halides is 16. The molecule has 0 saturated heterocycles. The van der Waals surface area contributed by atoms with Crippen LogP contribution in [0.25, 0.3) is 0 Å². The Kier molecular flexibility index (Phi) is 17.6. The van der Waals surface area contributed by atoms with E-state index in [1.54, 1.807) is 13.8 Å². The molecule has 0 fully saturated rings. The lowest BCUT2D eigenvalue weighted by molar-refractivity contribution is -0.500. The highest BCUT2D eigenvalue weighted by Crippen LogP contribution is 2.51. The van der Waals surface area contributed by atoms with Crippen molar-refractivity contribution in [2.24, 2.45) is 0 Å². The van der Waals surface area contributed by atoms with Gasteiger partial charge >= 0.3 is 36.9 Å². The zero-order chi connectivity index (χ0) is 52.5. The Bertz CT molecular complexity index is 1990. The van der Waals surface area contributed by atoms with Gasteiger partial charge < -0.3 is 19.3 Å². The number of benzene rings is 2. The van der Waals surface area contributed by atoms with E-state index >= 15 is 17.6 Å². The molecule has 2 amide bonds. The maximum Gasteiger partial charge on any atom is 0.449 e. The van der Waals surface area contributed by atoms with E-state index in [-0.39, 0.29) is 65.4 Å². The van der Waals surface area contributed by atoms with E-state index in [0.717, 1.165) is 14.1 Å². The summed E-state index contributed by atoms with van der Waals surface area (Å²) in [6.45, 7) is 1.24. The number of carbonyl (C=O) groups excluding carboxylic acids is 2. The lowest BCUT2D eigenvalue weighted by Gasteiger charge is -2.43. The van der Waals surface area contributed by atoms with E-state index in [4.69, 9.17) is 0 Å². The average Bonchev–Trinajstić information content (AvgIpc) is 3.16. The van der Waals surface area contributed by atoms with Crippen molar-refractivity contribution < 1.29 is 98.8 Å². The Morgan fingerprint density at radius 3 is 0.818 bits per heavy atom. The SMILES string of the molecule is Cc1c(Br)c(C)c(N(C)C(=O)C(C)(OCC(C)(OC(F)(F)C(F)(F)OC(C)(COC(C)(C(=O)N(C)c2c(C)c(Br)c(C)c(Br)c2C)C(F)(F)F)C(F)(F)F)C(F)(F)F)C(F)(F)F)c(C)c1Br. The van der Waals surface area contributed by atoms with Gasteiger partial charge in [-0.25, -0.2) is 0 Å². The molecule has 0 saturated carbocycles. The van der Waals surface area contributed by atoms with Crippen molar-refractivity contribution in [3.63, 3.8) is 0 Å². The van der Waals surface area contributed by atoms with E-state index in [1.807, 2.05) is 0 Å². The first-order chi connectivity index (χ1) is 29.1. The predicted octanol–water partition coefficient (Wildman–Crippen LogP) is 13.7. The third kappa shape index (κ3) is 11.0. The standard InChI is InChI=1S/C38H40Br4F16N2O6/c1-15-21(39)17(3)25(18(4)22(15)40)59(11)27(61)31(9,35(49,50)51)63-13-29(7,33(43,44)45)65-37(55,56)38(57,58)66-30(8,34(46,47)48)14-64-32(10,36(52,53)54)28(62)60(12)26-19(5)23(41)16(2)24(42)20(26)6/h13-14H2,1-12H3. The smallest absolute Gasteiger partial charge is 0.354 e. The Labute approximate surface area is 400 Å². The second kappa shape index (κ2) is 19.3. The molecule has 28 heteroatoms. The zero-order valence-corrected chi connectivity index (χ0v) is 42.7. The number of halogens is 20. The number of rotatable bonds is 15. The van der Waals surface area contributed by atoms with Gasteiger partial charge in [0.05, 0.1) is 24.6 Å². The van der Waals surface area contributed by atoms with Crippen LogP contribution in [0.2, 0.25) is 0 Å². The van der Waals surface area contributed by atoms with E-state index in [1.165, 1.54) is 27.7 Å². The van der Waals surface area contributed by atoms with Crippen LogP contribution >= 0.6 is 63.7 Å². The molecular weight excluding hydrogens is 1200 g/mol. The molecule has 0 aliphatic carbocycles. The lowest BCUT2D eigenvalue weighted by Crippen LogP contribution is -2.64. The summed E-state index contributed by atoms with van der Waals surface area (Å²) in [6, 6.07) is 0. The van der Waals surface area contributed by atoms with E-state index in [2.05, 4.69) is 82.7 Å². The fraction of sp³-hybridized carbons (Fsp3) is 0.632. The van der Waals surface area contributed by atoms with Crippen LogP contribution in [0, 0.1) is 41.5 Å². The fourth-order valence-electron chi connectivity index (χ4n) is 6.26. The summed E-state index contributed by atoms with van der Waals surface area (Å²) < 4.78 is 252. The molecular formula is C38H40Br4F16N2O6. The number of hydrogen-bond acceptors (Lipinski definition) is 6. The molecule has 0 aliphatic rings. The summed E-state index contributed by atoms with van der Waals surface area (Å²) >= 11 is 12.8. The second-order valence-corrected chi connectivity index (χ2v) is 18.9. The molecule has 8 nitrogen and oxygen atoms in total. The first-order valence-electron chi connectivity index (χ1n) is 18.2. The first-order valence-corrected chi connectivity index (χ1v) is 21.4. The van der Waals surface area contributed by atoms with Crippen LogP contribution in [0.15, 0.2) is 17.9 Å². The van der Waals surface area contributed by atoms with Gasteiger partial charge in [-0.1, -0.05) is 63.7 Å². The minimum atomic E-state index is -6.98. The Hall–Kier alpha value is -1.98. The van der Waals surface area contributed by atoms with Crippen molar-refractivity contribution in [2.45, 2.75) is 129 Å². The third-order valence-electron chi connectivity index (χ3n) is 10.8. The summed E-state index contributed by atoms with van der Waals surface area (Å²) in [4.78, 5) is 27.6. The molecule has 0 bridgehead atoms. The molecule has 0 heterocycles. The van der Waals surface area contributed by atoms with Gasteiger partial charge in [-0.3, -0.25) is 19.1 Å². The molecule has 0 radical (unpaired) electrons. The number of amides is 2. The van der Waals surface area contributed by atoms with Crippen molar-refractivity contribution in [3.05, 3.63) is 51.3 Å². The molecule has 2 rings (SSSR count). The fourth-order valence-corrected chi connectivity index (χ4v) is 8.34. The molecule has 66 heavy (non-hydrogen) atoms. The van der Waals surface area contributed by atoms with Crippen LogP contribution in [-0.4, -0.2) is 98.5 Å². The van der Waals surface area contributed by atoms with Gasteiger partial charge in [0.2, 0.25) is 11.2 Å². The van der Waals surface area contributed by atoms with E-state index in [9.17, 15) is 62.3 Å². The minimum Gasteiger partial charge on any atom is -0.354 e. The highest BCUT2D eigenvalue weighted by molar-refractivity contribution is 9.11. The summed E-state index contributed by atoms with van der Waals surface area (Å²) in [5.41, 5.74) is -18.1. The number of ether oxygens (including phenoxy) is 4. The molecule has 0 N–H and O–H groups in total. The second-order valence-electron chi connectivity index (χ2n) is 15.8. The Morgan fingerprint density at radius 2 is 0.636 bits per heavy atom. The van der Waals surface area contributed by atoms with E-state index in [0.29, 0.717) is 20.9 Å². The molecule has 4 unspecified atom stereocenters. The van der Waals surface area contributed by atoms with Crippen LogP contribution < -0.4 is 9.80 Å². The maximum atomic E-state index is 15.3. The van der Waals surface area contributed by atoms with E-state index < -0.39 is 98.2 Å². The van der Waals surface area contributed by atoms with Gasteiger partial charge in [0.1, 0.15) is 0 Å². The van der Waals surface area contributed by atoms with Gasteiger partial charge in [-0.2, -0.15) is 70.2 Å². The zero-order valence-electron chi connectivity index (χ0n) is 36.3. The van der Waals surface area contributed by atoms with Gasteiger partial charge in [-0.05, 0) is 103 Å². The highest BCUT2D eigenvalue weighted by Gasteiger charge is 2.73. The number of nitrogens with zero attached hydrogens (tertiary/aromatic N) is 2. The summed E-state index contributed by atoms with van der Waals surface area (Å²) in [5.74, 6) is -4.37. The van der Waals surface area contributed by atoms with Gasteiger partial charge in [0, 0.05) is 32.0 Å². The number of carbonyl (C=O) groups is 2. The molecule has 4 atom stereocenters. The number of likely N-dealkylation sites (N-methyl/N-ethyl adjacent to an activating group) is 2. The topological polar surface area (TPSA) is 77.5 Å². The van der Waals surface area contributed by atoms with Crippen molar-refractivity contribution in [1.29, 1.82) is 0 Å². The number of anilines is 2. The van der Waals surface area contributed by atoms with Crippen molar-refractivity contribution in [1.82, 2.24) is 0 Å². The quantitative estimate of drug-likeness (QED) is 0.165. The summed E-state index contributed by atoms with van der Waals surface area (Å²) in [5, 5.41) is 0. The summed E-state index contributed by atoms with van der Waals surface area (Å²) in [6.07, 6.45) is -39.0. The molecule has 2 aromatic rings. The maximum absolute atomic E-state index is 15.3.